The van der Waals surface area contributed by atoms with E-state index < -0.39 is 10.9 Å². The van der Waals surface area contributed by atoms with Gasteiger partial charge in [0.1, 0.15) is 4.75 Å². The first kappa shape index (κ1) is 12.5. The van der Waals surface area contributed by atoms with Gasteiger partial charge in [-0.3, -0.25) is 9.79 Å². The molecule has 0 unspecified atom stereocenters. The van der Waals surface area contributed by atoms with Crippen molar-refractivity contribution in [3.05, 3.63) is 0 Å². The fourth-order valence-electron chi connectivity index (χ4n) is 3.35. The Labute approximate surface area is 112 Å². The molecule has 0 aromatic carbocycles. The van der Waals surface area contributed by atoms with Gasteiger partial charge in [0.2, 0.25) is 5.91 Å². The molecule has 5 heteroatoms. The zero-order chi connectivity index (χ0) is 12.9. The van der Waals surface area contributed by atoms with Gasteiger partial charge >= 0.3 is 0 Å². The van der Waals surface area contributed by atoms with Crippen LogP contribution in [0.4, 0.5) is 0 Å². The van der Waals surface area contributed by atoms with Crippen molar-refractivity contribution >= 4 is 22.8 Å². The topological polar surface area (TPSA) is 61.7 Å². The van der Waals surface area contributed by atoms with Crippen molar-refractivity contribution in [2.75, 3.05) is 0 Å². The van der Waals surface area contributed by atoms with Crippen molar-refractivity contribution in [1.82, 2.24) is 5.32 Å². The average Bonchev–Trinajstić information content (AvgIpc) is 2.95. The number of hydrogen-bond donors (Lipinski definition) is 2. The minimum absolute atomic E-state index is 0.121. The SMILES string of the molecule is C[C@H](O)[C@@]1(C)SC(=N[C@H]2C[C@@H]3CC[C@H]2C3)NC1=O. The van der Waals surface area contributed by atoms with Crippen LogP contribution in [0, 0.1) is 11.8 Å². The molecule has 1 heterocycles. The lowest BCUT2D eigenvalue weighted by atomic mass is 9.96. The molecule has 3 aliphatic rings. The van der Waals surface area contributed by atoms with Crippen LogP contribution < -0.4 is 5.32 Å². The maximum atomic E-state index is 11.9. The Morgan fingerprint density at radius 3 is 2.78 bits per heavy atom. The number of thioether (sulfide) groups is 1. The molecule has 5 atom stereocenters. The summed E-state index contributed by atoms with van der Waals surface area (Å²) in [6.07, 6.45) is 4.47. The number of amides is 1. The Hall–Kier alpha value is -0.550. The molecule has 0 radical (unpaired) electrons. The lowest BCUT2D eigenvalue weighted by Gasteiger charge is -2.22. The molecule has 2 N–H and O–H groups in total. The van der Waals surface area contributed by atoms with Crippen LogP contribution in [-0.2, 0) is 4.79 Å². The largest absolute Gasteiger partial charge is 0.391 e. The summed E-state index contributed by atoms with van der Waals surface area (Å²) in [6, 6.07) is 0.392. The van der Waals surface area contributed by atoms with Gasteiger partial charge in [-0.1, -0.05) is 18.2 Å². The zero-order valence-electron chi connectivity index (χ0n) is 10.8. The van der Waals surface area contributed by atoms with Gasteiger partial charge in [-0.2, -0.15) is 0 Å². The quantitative estimate of drug-likeness (QED) is 0.798. The van der Waals surface area contributed by atoms with E-state index in [0.29, 0.717) is 11.2 Å². The van der Waals surface area contributed by atoms with Gasteiger partial charge in [0, 0.05) is 0 Å². The molecular weight excluding hydrogens is 248 g/mol. The molecule has 0 spiro atoms. The van der Waals surface area contributed by atoms with Crippen molar-refractivity contribution in [2.45, 2.75) is 56.4 Å². The van der Waals surface area contributed by atoms with E-state index in [9.17, 15) is 9.90 Å². The number of nitrogens with one attached hydrogen (secondary N) is 1. The second-order valence-electron chi connectivity index (χ2n) is 6.02. The zero-order valence-corrected chi connectivity index (χ0v) is 11.7. The molecule has 100 valence electrons. The third-order valence-electron chi connectivity index (χ3n) is 4.76. The Morgan fingerprint density at radius 2 is 2.28 bits per heavy atom. The number of aliphatic hydroxyl groups excluding tert-OH is 1. The highest BCUT2D eigenvalue weighted by atomic mass is 32.2. The van der Waals surface area contributed by atoms with Crippen molar-refractivity contribution in [1.29, 1.82) is 0 Å². The Morgan fingerprint density at radius 1 is 1.50 bits per heavy atom. The molecule has 2 aliphatic carbocycles. The van der Waals surface area contributed by atoms with E-state index in [1.165, 1.54) is 37.4 Å². The van der Waals surface area contributed by atoms with Crippen molar-refractivity contribution in [3.63, 3.8) is 0 Å². The smallest absolute Gasteiger partial charge is 0.245 e. The number of fused-ring (bicyclic) bond motifs is 2. The van der Waals surface area contributed by atoms with Gasteiger partial charge in [-0.15, -0.1) is 0 Å². The first-order valence-electron chi connectivity index (χ1n) is 6.75. The molecule has 4 nitrogen and oxygen atoms in total. The molecular formula is C13H20N2O2S. The third kappa shape index (κ3) is 1.88. The molecule has 1 aliphatic heterocycles. The highest BCUT2D eigenvalue weighted by Gasteiger charge is 2.47. The normalized spacial score (nSPS) is 46.7. The number of carbonyl (C=O) groups excluding carboxylic acids is 1. The number of amidine groups is 1. The van der Waals surface area contributed by atoms with Gasteiger partial charge in [0.25, 0.3) is 0 Å². The maximum Gasteiger partial charge on any atom is 0.245 e. The van der Waals surface area contributed by atoms with Crippen LogP contribution in [0.3, 0.4) is 0 Å². The molecule has 3 fully saturated rings. The van der Waals surface area contributed by atoms with Crippen LogP contribution in [0.1, 0.15) is 39.5 Å². The molecule has 0 aromatic heterocycles. The molecule has 18 heavy (non-hydrogen) atoms. The van der Waals surface area contributed by atoms with Gasteiger partial charge in [-0.05, 0) is 44.9 Å². The van der Waals surface area contributed by atoms with Crippen molar-refractivity contribution < 1.29 is 9.90 Å². The maximum absolute atomic E-state index is 11.9. The van der Waals surface area contributed by atoms with Crippen LogP contribution in [0.2, 0.25) is 0 Å². The standard InChI is InChI=1S/C13H20N2O2S/c1-7(16)13(2)11(17)15-12(18-13)14-10-6-8-3-4-9(10)5-8/h7-10,16H,3-6H2,1-2H3,(H,14,15,17)/t7-,8+,9-,10-,13+/m0/s1. The fourth-order valence-corrected chi connectivity index (χ4v) is 4.40. The predicted molar refractivity (Wildman–Crippen MR) is 72.5 cm³/mol. The lowest BCUT2D eigenvalue weighted by molar-refractivity contribution is -0.123. The summed E-state index contributed by atoms with van der Waals surface area (Å²) in [7, 11) is 0. The average molecular weight is 268 g/mol. The number of rotatable bonds is 2. The second kappa shape index (κ2) is 4.23. The summed E-state index contributed by atoms with van der Waals surface area (Å²) in [5.74, 6) is 1.46. The first-order chi connectivity index (χ1) is 8.49. The molecule has 3 rings (SSSR count). The summed E-state index contributed by atoms with van der Waals surface area (Å²) in [6.45, 7) is 3.44. The van der Waals surface area contributed by atoms with Crippen molar-refractivity contribution in [3.8, 4) is 0 Å². The van der Waals surface area contributed by atoms with E-state index in [0.717, 1.165) is 11.8 Å². The minimum Gasteiger partial charge on any atom is -0.391 e. The van der Waals surface area contributed by atoms with E-state index >= 15 is 0 Å². The summed E-state index contributed by atoms with van der Waals surface area (Å²) in [4.78, 5) is 16.6. The number of hydrogen-bond acceptors (Lipinski definition) is 4. The number of nitrogens with zero attached hydrogens (tertiary/aromatic N) is 1. The van der Waals surface area contributed by atoms with Gasteiger partial charge in [0.15, 0.2) is 5.17 Å². The van der Waals surface area contributed by atoms with Crippen LogP contribution in [0.15, 0.2) is 4.99 Å². The Kier molecular flexibility index (Phi) is 2.94. The van der Waals surface area contributed by atoms with E-state index in [1.807, 2.05) is 0 Å². The summed E-state index contributed by atoms with van der Waals surface area (Å²) >= 11 is 1.38. The van der Waals surface area contributed by atoms with Gasteiger partial charge in [0.05, 0.1) is 12.1 Å². The lowest BCUT2D eigenvalue weighted by Crippen LogP contribution is -2.42. The number of aliphatic hydroxyl groups is 1. The highest BCUT2D eigenvalue weighted by Crippen LogP contribution is 2.46. The van der Waals surface area contributed by atoms with Gasteiger partial charge < -0.3 is 10.4 Å². The van der Waals surface area contributed by atoms with E-state index in [4.69, 9.17) is 4.99 Å². The van der Waals surface area contributed by atoms with Crippen LogP contribution >= 0.6 is 11.8 Å². The van der Waals surface area contributed by atoms with E-state index in [-0.39, 0.29) is 5.91 Å². The number of carbonyl (C=O) groups is 1. The third-order valence-corrected chi connectivity index (χ3v) is 6.11. The van der Waals surface area contributed by atoms with E-state index in [1.54, 1.807) is 13.8 Å². The minimum atomic E-state index is -0.781. The van der Waals surface area contributed by atoms with Crippen LogP contribution in [0.25, 0.3) is 0 Å². The van der Waals surface area contributed by atoms with Crippen LogP contribution in [-0.4, -0.2) is 33.1 Å². The highest BCUT2D eigenvalue weighted by molar-refractivity contribution is 8.16. The molecule has 1 amide bonds. The molecule has 1 saturated heterocycles. The summed E-state index contributed by atoms with van der Waals surface area (Å²) < 4.78 is -0.781. The Bertz CT molecular complexity index is 410. The van der Waals surface area contributed by atoms with E-state index in [2.05, 4.69) is 5.32 Å². The summed E-state index contributed by atoms with van der Waals surface area (Å²) in [5.41, 5.74) is 0. The second-order valence-corrected chi connectivity index (χ2v) is 7.45. The fraction of sp³-hybridized carbons (Fsp3) is 0.846. The molecule has 0 aromatic rings. The molecule has 2 saturated carbocycles. The summed E-state index contributed by atoms with van der Waals surface area (Å²) in [5, 5.41) is 13.3. The monoisotopic (exact) mass is 268 g/mol. The Balaban J connectivity index is 1.74. The molecule has 2 bridgehead atoms. The predicted octanol–water partition coefficient (Wildman–Crippen LogP) is 1.53. The van der Waals surface area contributed by atoms with Crippen LogP contribution in [0.5, 0.6) is 0 Å². The van der Waals surface area contributed by atoms with Gasteiger partial charge in [-0.25, -0.2) is 0 Å². The van der Waals surface area contributed by atoms with Crippen molar-refractivity contribution in [2.24, 2.45) is 16.8 Å². The first-order valence-corrected chi connectivity index (χ1v) is 7.57. The number of aliphatic imine (C=N–C) groups is 1.